The van der Waals surface area contributed by atoms with Gasteiger partial charge in [-0.1, -0.05) is 18.6 Å². The smallest absolute Gasteiger partial charge is 0.226 e. The molecule has 0 bridgehead atoms. The summed E-state index contributed by atoms with van der Waals surface area (Å²) in [6.07, 6.45) is 3.23. The number of methoxy groups -OCH3 is 1. The van der Waals surface area contributed by atoms with E-state index in [1.54, 1.807) is 7.11 Å². The molecule has 3 nitrogen and oxygen atoms in total. The molecule has 3 heteroatoms. The maximum atomic E-state index is 12.0. The van der Waals surface area contributed by atoms with Crippen molar-refractivity contribution in [3.05, 3.63) is 29.8 Å². The lowest BCUT2D eigenvalue weighted by atomic mass is 9.61. The van der Waals surface area contributed by atoms with Crippen LogP contribution in [-0.2, 0) is 4.79 Å². The number of amides is 1. The normalized spacial score (nSPS) is 25.5. The summed E-state index contributed by atoms with van der Waals surface area (Å²) in [4.78, 5) is 12.0. The van der Waals surface area contributed by atoms with Gasteiger partial charge in [-0.3, -0.25) is 4.79 Å². The second-order valence-electron chi connectivity index (χ2n) is 5.05. The van der Waals surface area contributed by atoms with E-state index in [9.17, 15) is 4.79 Å². The number of nitrogens with one attached hydrogen (secondary N) is 1. The molecule has 1 saturated carbocycles. The van der Waals surface area contributed by atoms with E-state index in [1.807, 2.05) is 12.1 Å². The standard InChI is InChI=1S/C14H17NO2/c1-17-11-5-2-4-10(8-11)12-9-15-13(16)14(12)6-3-7-14/h2,4-5,8,12H,3,6-7,9H2,1H3,(H,15,16)/t12-/m0/s1. The van der Waals surface area contributed by atoms with E-state index < -0.39 is 0 Å². The first-order valence-corrected chi connectivity index (χ1v) is 6.18. The lowest BCUT2D eigenvalue weighted by Crippen LogP contribution is -2.40. The Labute approximate surface area is 101 Å². The first kappa shape index (κ1) is 10.6. The minimum Gasteiger partial charge on any atom is -0.497 e. The number of rotatable bonds is 2. The van der Waals surface area contributed by atoms with Crippen molar-refractivity contribution in [3.8, 4) is 5.75 Å². The highest BCUT2D eigenvalue weighted by atomic mass is 16.5. The molecule has 2 fully saturated rings. The molecule has 3 rings (SSSR count). The Morgan fingerprint density at radius 3 is 2.88 bits per heavy atom. The van der Waals surface area contributed by atoms with Gasteiger partial charge >= 0.3 is 0 Å². The molecule has 2 aliphatic rings. The molecule has 90 valence electrons. The molecule has 1 atom stereocenters. The van der Waals surface area contributed by atoms with E-state index in [2.05, 4.69) is 17.4 Å². The zero-order valence-corrected chi connectivity index (χ0v) is 10.0. The number of benzene rings is 1. The number of hydrogen-bond donors (Lipinski definition) is 1. The Kier molecular flexibility index (Phi) is 2.35. The van der Waals surface area contributed by atoms with Crippen LogP contribution in [0.4, 0.5) is 0 Å². The summed E-state index contributed by atoms with van der Waals surface area (Å²) in [5.74, 6) is 1.44. The van der Waals surface area contributed by atoms with Gasteiger partial charge in [-0.15, -0.1) is 0 Å². The Balaban J connectivity index is 1.95. The minimum atomic E-state index is -0.119. The van der Waals surface area contributed by atoms with Crippen LogP contribution in [0.5, 0.6) is 5.75 Å². The topological polar surface area (TPSA) is 38.3 Å². The zero-order chi connectivity index (χ0) is 11.9. The number of carbonyl (C=O) groups is 1. The van der Waals surface area contributed by atoms with Crippen molar-refractivity contribution in [2.24, 2.45) is 5.41 Å². The predicted octanol–water partition coefficient (Wildman–Crippen LogP) is 2.08. The van der Waals surface area contributed by atoms with Gasteiger partial charge < -0.3 is 10.1 Å². The zero-order valence-electron chi connectivity index (χ0n) is 10.0. The van der Waals surface area contributed by atoms with Crippen molar-refractivity contribution < 1.29 is 9.53 Å². The number of hydrogen-bond acceptors (Lipinski definition) is 2. The third kappa shape index (κ3) is 1.45. The predicted molar refractivity (Wildman–Crippen MR) is 65.0 cm³/mol. The van der Waals surface area contributed by atoms with E-state index in [1.165, 1.54) is 12.0 Å². The van der Waals surface area contributed by atoms with Crippen LogP contribution in [0.15, 0.2) is 24.3 Å². The fourth-order valence-corrected chi connectivity index (χ4v) is 3.15. The van der Waals surface area contributed by atoms with Crippen LogP contribution in [0.25, 0.3) is 0 Å². The summed E-state index contributed by atoms with van der Waals surface area (Å²) in [5.41, 5.74) is 1.11. The lowest BCUT2D eigenvalue weighted by Gasteiger charge is -2.40. The van der Waals surface area contributed by atoms with Crippen molar-refractivity contribution in [1.82, 2.24) is 5.32 Å². The summed E-state index contributed by atoms with van der Waals surface area (Å²) in [7, 11) is 1.68. The Morgan fingerprint density at radius 2 is 2.24 bits per heavy atom. The fraction of sp³-hybridized carbons (Fsp3) is 0.500. The van der Waals surface area contributed by atoms with Gasteiger partial charge in [0.05, 0.1) is 12.5 Å². The molecule has 0 aromatic heterocycles. The molecule has 1 saturated heterocycles. The second kappa shape index (κ2) is 3.76. The largest absolute Gasteiger partial charge is 0.497 e. The first-order valence-electron chi connectivity index (χ1n) is 6.18. The van der Waals surface area contributed by atoms with Crippen molar-refractivity contribution >= 4 is 5.91 Å². The molecular formula is C14H17NO2. The maximum Gasteiger partial charge on any atom is 0.226 e. The summed E-state index contributed by atoms with van der Waals surface area (Å²) in [6.45, 7) is 0.770. The SMILES string of the molecule is COc1cccc([C@@H]2CNC(=O)C23CCC3)c1. The van der Waals surface area contributed by atoms with E-state index in [0.29, 0.717) is 5.92 Å². The molecule has 1 amide bonds. The highest BCUT2D eigenvalue weighted by molar-refractivity contribution is 5.87. The molecule has 1 aromatic rings. The number of carbonyl (C=O) groups excluding carboxylic acids is 1. The Morgan fingerprint density at radius 1 is 1.41 bits per heavy atom. The summed E-state index contributed by atoms with van der Waals surface area (Å²) in [5, 5.41) is 3.02. The Bertz CT molecular complexity index is 451. The van der Waals surface area contributed by atoms with Crippen molar-refractivity contribution in [1.29, 1.82) is 0 Å². The van der Waals surface area contributed by atoms with E-state index >= 15 is 0 Å². The van der Waals surface area contributed by atoms with Gasteiger partial charge in [0.25, 0.3) is 0 Å². The van der Waals surface area contributed by atoms with Crippen molar-refractivity contribution in [2.45, 2.75) is 25.2 Å². The van der Waals surface area contributed by atoms with Crippen LogP contribution >= 0.6 is 0 Å². The van der Waals surface area contributed by atoms with Crippen LogP contribution < -0.4 is 10.1 Å². The summed E-state index contributed by atoms with van der Waals surface area (Å²) in [6, 6.07) is 8.11. The number of ether oxygens (including phenoxy) is 1. The molecule has 1 aromatic carbocycles. The van der Waals surface area contributed by atoms with Crippen molar-refractivity contribution in [3.63, 3.8) is 0 Å². The molecule has 1 aliphatic carbocycles. The van der Waals surface area contributed by atoms with Gasteiger partial charge in [0.15, 0.2) is 0 Å². The van der Waals surface area contributed by atoms with E-state index in [-0.39, 0.29) is 11.3 Å². The van der Waals surface area contributed by atoms with Crippen LogP contribution in [0, 0.1) is 5.41 Å². The molecule has 1 aliphatic heterocycles. The van der Waals surface area contributed by atoms with Gasteiger partial charge in [-0.25, -0.2) is 0 Å². The Hall–Kier alpha value is -1.51. The van der Waals surface area contributed by atoms with Crippen LogP contribution in [0.2, 0.25) is 0 Å². The maximum absolute atomic E-state index is 12.0. The van der Waals surface area contributed by atoms with E-state index in [0.717, 1.165) is 25.1 Å². The van der Waals surface area contributed by atoms with Crippen molar-refractivity contribution in [2.75, 3.05) is 13.7 Å². The van der Waals surface area contributed by atoms with Crippen LogP contribution in [-0.4, -0.2) is 19.6 Å². The average Bonchev–Trinajstić information content (AvgIpc) is 2.66. The van der Waals surface area contributed by atoms with Gasteiger partial charge in [0.1, 0.15) is 5.75 Å². The third-order valence-corrected chi connectivity index (χ3v) is 4.33. The summed E-state index contributed by atoms with van der Waals surface area (Å²) < 4.78 is 5.26. The molecule has 1 heterocycles. The van der Waals surface area contributed by atoms with Gasteiger partial charge in [-0.05, 0) is 30.5 Å². The van der Waals surface area contributed by atoms with Gasteiger partial charge in [-0.2, -0.15) is 0 Å². The monoisotopic (exact) mass is 231 g/mol. The quantitative estimate of drug-likeness (QED) is 0.846. The van der Waals surface area contributed by atoms with Crippen LogP contribution in [0.1, 0.15) is 30.7 Å². The minimum absolute atomic E-state index is 0.119. The second-order valence-corrected chi connectivity index (χ2v) is 5.05. The fourth-order valence-electron chi connectivity index (χ4n) is 3.15. The highest BCUT2D eigenvalue weighted by Crippen LogP contribution is 2.54. The molecule has 0 radical (unpaired) electrons. The molecule has 17 heavy (non-hydrogen) atoms. The molecular weight excluding hydrogens is 214 g/mol. The van der Waals surface area contributed by atoms with Crippen LogP contribution in [0.3, 0.4) is 0 Å². The van der Waals surface area contributed by atoms with Gasteiger partial charge in [0, 0.05) is 12.5 Å². The third-order valence-electron chi connectivity index (χ3n) is 4.33. The summed E-state index contributed by atoms with van der Waals surface area (Å²) >= 11 is 0. The van der Waals surface area contributed by atoms with Gasteiger partial charge in [0.2, 0.25) is 5.91 Å². The molecule has 0 unspecified atom stereocenters. The van der Waals surface area contributed by atoms with E-state index in [4.69, 9.17) is 4.74 Å². The first-order chi connectivity index (χ1) is 8.26. The highest BCUT2D eigenvalue weighted by Gasteiger charge is 2.54. The molecule has 1 spiro atoms. The average molecular weight is 231 g/mol. The lowest BCUT2D eigenvalue weighted by molar-refractivity contribution is -0.132. The molecule has 1 N–H and O–H groups in total.